The molecule has 128 valence electrons. The van der Waals surface area contributed by atoms with Crippen LogP contribution in [0, 0.1) is 5.82 Å². The Morgan fingerprint density at radius 3 is 2.76 bits per heavy atom. The molecule has 6 nitrogen and oxygen atoms in total. The molecule has 1 fully saturated rings. The number of para-hydroxylation sites is 1. The van der Waals surface area contributed by atoms with Gasteiger partial charge in [0.2, 0.25) is 0 Å². The maximum atomic E-state index is 14.5. The summed E-state index contributed by atoms with van der Waals surface area (Å²) in [6.07, 6.45) is 2.80. The Balaban J connectivity index is 1.76. The van der Waals surface area contributed by atoms with Crippen LogP contribution in [-0.4, -0.2) is 32.8 Å². The van der Waals surface area contributed by atoms with E-state index in [0.717, 1.165) is 12.8 Å². The van der Waals surface area contributed by atoms with E-state index in [-0.39, 0.29) is 17.7 Å². The first-order valence-corrected chi connectivity index (χ1v) is 7.93. The van der Waals surface area contributed by atoms with Crippen molar-refractivity contribution in [3.05, 3.63) is 54.2 Å². The minimum atomic E-state index is -2.56. The van der Waals surface area contributed by atoms with E-state index in [4.69, 9.17) is 14.6 Å². The van der Waals surface area contributed by atoms with Crippen LogP contribution in [0.4, 0.5) is 4.39 Å². The van der Waals surface area contributed by atoms with Crippen LogP contribution in [0.1, 0.15) is 28.7 Å². The van der Waals surface area contributed by atoms with Crippen molar-refractivity contribution in [1.82, 2.24) is 19.7 Å². The summed E-state index contributed by atoms with van der Waals surface area (Å²) < 4.78 is 42.5. The molecule has 0 amide bonds. The van der Waals surface area contributed by atoms with Crippen LogP contribution in [0.5, 0.6) is 5.75 Å². The van der Waals surface area contributed by atoms with Crippen LogP contribution in [0.2, 0.25) is 0 Å². The second-order valence-electron chi connectivity index (χ2n) is 6.08. The molecule has 0 spiro atoms. The number of methoxy groups -OCH3 is 1. The minimum Gasteiger partial charge on any atom is -0.495 e. The van der Waals surface area contributed by atoms with Gasteiger partial charge in [-0.1, -0.05) is 12.1 Å². The van der Waals surface area contributed by atoms with Gasteiger partial charge >= 0.3 is 0 Å². The molecule has 2 aromatic heterocycles. The lowest BCUT2D eigenvalue weighted by atomic mass is 9.80. The normalized spacial score (nSPS) is 21.8. The summed E-state index contributed by atoms with van der Waals surface area (Å²) in [5, 5.41) is 8.50. The molecule has 0 radical (unpaired) electrons. The van der Waals surface area contributed by atoms with Crippen LogP contribution >= 0.6 is 0 Å². The van der Waals surface area contributed by atoms with Gasteiger partial charge in [0.1, 0.15) is 23.1 Å². The average molecular weight is 342 g/mol. The van der Waals surface area contributed by atoms with Crippen LogP contribution in [-0.2, 0) is 0 Å². The first-order chi connectivity index (χ1) is 13.3. The predicted octanol–water partition coefficient (Wildman–Crippen LogP) is 2.68. The van der Waals surface area contributed by atoms with Gasteiger partial charge in [0, 0.05) is 12.0 Å². The van der Waals surface area contributed by atoms with Gasteiger partial charge in [-0.25, -0.2) is 9.37 Å². The fourth-order valence-electron chi connectivity index (χ4n) is 3.04. The monoisotopic (exact) mass is 342 g/mol. The minimum absolute atomic E-state index is 0.0917. The first-order valence-electron chi connectivity index (χ1n) is 9.43. The highest BCUT2D eigenvalue weighted by molar-refractivity contribution is 5.55. The van der Waals surface area contributed by atoms with Crippen molar-refractivity contribution in [3.8, 4) is 23.0 Å². The quantitative estimate of drug-likeness (QED) is 0.788. The number of rotatable bonds is 4. The molecule has 25 heavy (non-hydrogen) atoms. The summed E-state index contributed by atoms with van der Waals surface area (Å²) in [6.45, 7) is 0. The molecule has 0 unspecified atom stereocenters. The van der Waals surface area contributed by atoms with E-state index in [1.54, 1.807) is 28.8 Å². The number of aromatic nitrogens is 4. The van der Waals surface area contributed by atoms with Gasteiger partial charge in [0.25, 0.3) is 0 Å². The first kappa shape index (κ1) is 12.5. The van der Waals surface area contributed by atoms with Crippen molar-refractivity contribution in [2.75, 3.05) is 7.04 Å². The molecule has 1 aliphatic carbocycles. The molecule has 0 aliphatic heterocycles. The van der Waals surface area contributed by atoms with Gasteiger partial charge in [-0.2, -0.15) is 0 Å². The zero-order valence-corrected chi connectivity index (χ0v) is 13.3. The van der Waals surface area contributed by atoms with Gasteiger partial charge in [0.05, 0.1) is 23.0 Å². The number of nitrogens with zero attached hydrogens (tertiary/aromatic N) is 4. The molecule has 3 aromatic rings. The van der Waals surface area contributed by atoms with Crippen LogP contribution in [0.25, 0.3) is 17.2 Å². The summed E-state index contributed by atoms with van der Waals surface area (Å²) in [5.41, 5.74) is 6.65. The van der Waals surface area contributed by atoms with Crippen molar-refractivity contribution in [2.24, 2.45) is 5.73 Å². The van der Waals surface area contributed by atoms with Gasteiger partial charge < -0.3 is 10.5 Å². The molecule has 4 rings (SSSR count). The van der Waals surface area contributed by atoms with Crippen LogP contribution < -0.4 is 10.5 Å². The van der Waals surface area contributed by atoms with E-state index in [2.05, 4.69) is 15.2 Å². The number of hydrogen-bond acceptors (Lipinski definition) is 5. The highest BCUT2D eigenvalue weighted by atomic mass is 19.1. The molecule has 1 saturated carbocycles. The molecule has 7 heteroatoms. The third kappa shape index (κ3) is 2.76. The molecular formula is C18H18FN5O. The van der Waals surface area contributed by atoms with Crippen LogP contribution in [0.15, 0.2) is 42.6 Å². The predicted molar refractivity (Wildman–Crippen MR) is 91.1 cm³/mol. The van der Waals surface area contributed by atoms with Crippen LogP contribution in [0.3, 0.4) is 0 Å². The zero-order chi connectivity index (χ0) is 19.9. The Bertz CT molecular complexity index is 984. The lowest BCUT2D eigenvalue weighted by Crippen LogP contribution is -2.36. The Morgan fingerprint density at radius 1 is 1.24 bits per heavy atom. The molecule has 0 atom stereocenters. The average Bonchev–Trinajstić information content (AvgIpc) is 3.03. The molecule has 1 aliphatic rings. The fourth-order valence-corrected chi connectivity index (χ4v) is 3.04. The van der Waals surface area contributed by atoms with Gasteiger partial charge in [0.15, 0.2) is 5.82 Å². The molecule has 2 N–H and O–H groups in total. The van der Waals surface area contributed by atoms with Crippen molar-refractivity contribution in [1.29, 1.82) is 0 Å². The number of benzene rings is 1. The molecular weight excluding hydrogens is 321 g/mol. The number of pyridine rings is 1. The number of hydrogen-bond donors (Lipinski definition) is 1. The highest BCUT2D eigenvalue weighted by Gasteiger charge is 2.33. The van der Waals surface area contributed by atoms with Gasteiger partial charge in [-0.3, -0.25) is 4.57 Å². The standard InChI is InChI=1S/C18H18FN5O/c1-25-13-6-7-15(21-10-13)18-23-22-17(11-8-12(20)9-11)24(18)16-5-3-2-4-14(16)19/h2-7,10-12H,8-9,20H2,1H3/i1D3. The summed E-state index contributed by atoms with van der Waals surface area (Å²) in [5.74, 6) is 0.781. The van der Waals surface area contributed by atoms with Crippen molar-refractivity contribution in [3.63, 3.8) is 0 Å². The molecule has 2 heterocycles. The molecule has 1 aromatic carbocycles. The van der Waals surface area contributed by atoms with E-state index in [1.165, 1.54) is 18.3 Å². The Labute approximate surface area is 148 Å². The number of nitrogens with two attached hydrogens (primary N) is 1. The SMILES string of the molecule is [2H]C([2H])([2H])Oc1ccc(-c2nnc(C3CC(N)C3)n2-c2ccccc2F)nc1. The van der Waals surface area contributed by atoms with Gasteiger partial charge in [-0.05, 0) is 37.1 Å². The van der Waals surface area contributed by atoms with E-state index in [1.807, 2.05) is 0 Å². The zero-order valence-electron chi connectivity index (χ0n) is 16.3. The topological polar surface area (TPSA) is 78.9 Å². The lowest BCUT2D eigenvalue weighted by molar-refractivity contribution is 0.334. The van der Waals surface area contributed by atoms with Crippen molar-refractivity contribution in [2.45, 2.75) is 24.8 Å². The Morgan fingerprint density at radius 2 is 2.08 bits per heavy atom. The lowest BCUT2D eigenvalue weighted by Gasteiger charge is -2.31. The maximum Gasteiger partial charge on any atom is 0.187 e. The smallest absolute Gasteiger partial charge is 0.187 e. The summed E-state index contributed by atoms with van der Waals surface area (Å²) >= 11 is 0. The fraction of sp³-hybridized carbons (Fsp3) is 0.278. The summed E-state index contributed by atoms with van der Waals surface area (Å²) in [7, 11) is -2.56. The van der Waals surface area contributed by atoms with Gasteiger partial charge in [-0.15, -0.1) is 10.2 Å². The maximum absolute atomic E-state index is 14.5. The number of halogens is 1. The van der Waals surface area contributed by atoms with E-state index in [0.29, 0.717) is 23.0 Å². The summed E-state index contributed by atoms with van der Waals surface area (Å²) in [6, 6.07) is 9.52. The third-order valence-corrected chi connectivity index (χ3v) is 4.40. The third-order valence-electron chi connectivity index (χ3n) is 4.40. The van der Waals surface area contributed by atoms with Crippen molar-refractivity contribution >= 4 is 0 Å². The largest absolute Gasteiger partial charge is 0.495 e. The highest BCUT2D eigenvalue weighted by Crippen LogP contribution is 2.37. The Hall–Kier alpha value is -2.80. The van der Waals surface area contributed by atoms with E-state index >= 15 is 0 Å². The molecule has 0 bridgehead atoms. The van der Waals surface area contributed by atoms with E-state index in [9.17, 15) is 4.39 Å². The van der Waals surface area contributed by atoms with E-state index < -0.39 is 12.9 Å². The number of ether oxygens (including phenoxy) is 1. The Kier molecular flexibility index (Phi) is 3.14. The summed E-state index contributed by atoms with van der Waals surface area (Å²) in [4.78, 5) is 4.23. The second kappa shape index (κ2) is 6.25. The second-order valence-corrected chi connectivity index (χ2v) is 6.08. The molecule has 0 saturated heterocycles. The van der Waals surface area contributed by atoms with Crippen molar-refractivity contribution < 1.29 is 13.2 Å².